The van der Waals surface area contributed by atoms with Crippen molar-refractivity contribution >= 4 is 46.1 Å². The summed E-state index contributed by atoms with van der Waals surface area (Å²) >= 11 is 0. The number of nitrogens with zero attached hydrogens (tertiary/aromatic N) is 4. The van der Waals surface area contributed by atoms with Crippen LogP contribution in [0.1, 0.15) is 77.1 Å². The number of H-pyrrole nitrogens is 2. The summed E-state index contributed by atoms with van der Waals surface area (Å²) in [6.07, 6.45) is 1.95. The van der Waals surface area contributed by atoms with E-state index in [1.54, 1.807) is 9.80 Å². The molecular weight excluding hydrogens is 640 g/mol. The Balaban J connectivity index is 1.22. The second kappa shape index (κ2) is 14.4. The van der Waals surface area contributed by atoms with Crippen LogP contribution in [-0.4, -0.2) is 93.1 Å². The van der Waals surface area contributed by atoms with Gasteiger partial charge in [-0.3, -0.25) is 9.59 Å². The number of methoxy groups -OCH3 is 2. The Hall–Kier alpha value is -5.14. The molecule has 6 rings (SSSR count). The molecule has 0 aliphatic carbocycles. The molecule has 4 amide bonds. The zero-order valence-corrected chi connectivity index (χ0v) is 29.4. The van der Waals surface area contributed by atoms with Crippen LogP contribution < -0.4 is 10.6 Å². The first kappa shape index (κ1) is 34.7. The lowest BCUT2D eigenvalue weighted by molar-refractivity contribution is -0.136. The van der Waals surface area contributed by atoms with E-state index in [-0.39, 0.29) is 35.7 Å². The average molecular weight is 687 g/mol. The molecule has 1 unspecified atom stereocenters. The SMILES string of the molecule is COC(=O)NC(C(=O)N1CCC[C@H]1c1nc2ccc(-c3ccc4nc([C@@H]5CCCN5C(=O)[C@@H](NC(=O)OC)C(C)C)[nH]c4c3)cc2[nH]1)C(C)C. The quantitative estimate of drug-likeness (QED) is 0.186. The van der Waals surface area contributed by atoms with Gasteiger partial charge in [-0.15, -0.1) is 0 Å². The van der Waals surface area contributed by atoms with E-state index in [0.717, 1.165) is 70.5 Å². The van der Waals surface area contributed by atoms with Crippen LogP contribution in [0.15, 0.2) is 36.4 Å². The normalized spacial score (nSPS) is 19.0. The first-order valence-corrected chi connectivity index (χ1v) is 17.3. The number of hydrogen-bond acceptors (Lipinski definition) is 8. The van der Waals surface area contributed by atoms with Gasteiger partial charge in [0, 0.05) is 13.1 Å². The number of likely N-dealkylation sites (tertiary alicyclic amines) is 2. The number of nitrogens with one attached hydrogen (secondary N) is 4. The van der Waals surface area contributed by atoms with E-state index in [1.807, 2.05) is 52.0 Å². The van der Waals surface area contributed by atoms with Gasteiger partial charge in [-0.2, -0.15) is 0 Å². The van der Waals surface area contributed by atoms with Gasteiger partial charge in [-0.1, -0.05) is 39.8 Å². The molecule has 2 aromatic heterocycles. The van der Waals surface area contributed by atoms with Crippen LogP contribution in [0, 0.1) is 11.8 Å². The maximum absolute atomic E-state index is 13.6. The Morgan fingerprint density at radius 3 is 1.46 bits per heavy atom. The molecule has 14 nitrogen and oxygen atoms in total. The van der Waals surface area contributed by atoms with Crippen molar-refractivity contribution in [2.45, 2.75) is 77.5 Å². The number of benzene rings is 2. The van der Waals surface area contributed by atoms with E-state index in [4.69, 9.17) is 19.4 Å². The highest BCUT2D eigenvalue weighted by Crippen LogP contribution is 2.35. The number of fused-ring (bicyclic) bond motifs is 2. The fraction of sp³-hybridized carbons (Fsp3) is 0.500. The maximum Gasteiger partial charge on any atom is 0.407 e. The highest BCUT2D eigenvalue weighted by Gasteiger charge is 2.39. The number of imidazole rings is 2. The Morgan fingerprint density at radius 1 is 0.700 bits per heavy atom. The second-order valence-electron chi connectivity index (χ2n) is 13.8. The lowest BCUT2D eigenvalue weighted by Crippen LogP contribution is -2.51. The van der Waals surface area contributed by atoms with Crippen LogP contribution in [0.5, 0.6) is 0 Å². The number of carbonyl (C=O) groups excluding carboxylic acids is 4. The molecule has 266 valence electrons. The molecule has 14 heteroatoms. The first-order chi connectivity index (χ1) is 24.0. The molecule has 2 saturated heterocycles. The molecule has 50 heavy (non-hydrogen) atoms. The van der Waals surface area contributed by atoms with Crippen molar-refractivity contribution in [2.24, 2.45) is 11.8 Å². The molecule has 2 aliphatic rings. The minimum atomic E-state index is -0.699. The van der Waals surface area contributed by atoms with Gasteiger partial charge >= 0.3 is 12.2 Å². The Morgan fingerprint density at radius 2 is 1.10 bits per heavy atom. The van der Waals surface area contributed by atoms with Crippen LogP contribution in [-0.2, 0) is 19.1 Å². The highest BCUT2D eigenvalue weighted by atomic mass is 16.5. The molecule has 2 aromatic carbocycles. The Labute approximate surface area is 290 Å². The van der Waals surface area contributed by atoms with Crippen molar-refractivity contribution in [3.8, 4) is 11.1 Å². The molecule has 4 heterocycles. The fourth-order valence-electron chi connectivity index (χ4n) is 7.12. The average Bonchev–Trinajstić information content (AvgIpc) is 3.92. The van der Waals surface area contributed by atoms with Crippen LogP contribution in [0.2, 0.25) is 0 Å². The summed E-state index contributed by atoms with van der Waals surface area (Å²) in [6, 6.07) is 10.2. The van der Waals surface area contributed by atoms with Crippen molar-refractivity contribution in [1.82, 2.24) is 40.4 Å². The zero-order valence-electron chi connectivity index (χ0n) is 29.4. The fourth-order valence-corrected chi connectivity index (χ4v) is 7.12. The number of rotatable bonds is 9. The first-order valence-electron chi connectivity index (χ1n) is 17.3. The summed E-state index contributed by atoms with van der Waals surface area (Å²) in [5.41, 5.74) is 5.28. The minimum absolute atomic E-state index is 0.114. The van der Waals surface area contributed by atoms with Gasteiger partial charge in [-0.25, -0.2) is 19.6 Å². The van der Waals surface area contributed by atoms with E-state index in [9.17, 15) is 19.2 Å². The summed E-state index contributed by atoms with van der Waals surface area (Å²) in [6.45, 7) is 8.75. The van der Waals surface area contributed by atoms with Gasteiger partial charge in [0.25, 0.3) is 0 Å². The van der Waals surface area contributed by atoms with Gasteiger partial charge in [0.1, 0.15) is 23.7 Å². The molecule has 2 fully saturated rings. The lowest BCUT2D eigenvalue weighted by atomic mass is 10.0. The molecular formula is C36H46N8O6. The maximum atomic E-state index is 13.6. The number of ether oxygens (including phenoxy) is 2. The standard InChI is InChI=1S/C36H46N8O6/c1-19(2)29(41-35(47)49-5)33(45)43-15-7-9-27(43)31-37-23-13-11-21(17-25(23)39-31)22-12-14-24-26(18-22)40-32(38-24)28-10-8-16-44(28)34(46)30(20(3)4)42-36(48)50-6/h11-14,17-20,27-30H,7-10,15-16H2,1-6H3,(H,37,39)(H,38,40)(H,41,47)(H,42,48)/t27-,28-,29-,30?/m0/s1. The second-order valence-corrected chi connectivity index (χ2v) is 13.8. The molecule has 4 atom stereocenters. The molecule has 0 saturated carbocycles. The van der Waals surface area contributed by atoms with Crippen LogP contribution in [0.4, 0.5) is 9.59 Å². The summed E-state index contributed by atoms with van der Waals surface area (Å²) in [7, 11) is 2.57. The summed E-state index contributed by atoms with van der Waals surface area (Å²) in [5.74, 6) is 0.907. The molecule has 0 bridgehead atoms. The topological polar surface area (TPSA) is 175 Å². The Kier molecular flexibility index (Phi) is 9.98. The van der Waals surface area contributed by atoms with Crippen molar-refractivity contribution < 1.29 is 28.7 Å². The van der Waals surface area contributed by atoms with E-state index in [1.165, 1.54) is 14.2 Å². The van der Waals surface area contributed by atoms with Gasteiger partial charge in [0.15, 0.2) is 0 Å². The predicted molar refractivity (Wildman–Crippen MR) is 187 cm³/mol. The monoisotopic (exact) mass is 686 g/mol. The number of alkyl carbamates (subject to hydrolysis) is 2. The van der Waals surface area contributed by atoms with E-state index in [2.05, 4.69) is 32.7 Å². The van der Waals surface area contributed by atoms with Gasteiger partial charge in [0.05, 0.1) is 48.4 Å². The molecule has 2 aliphatic heterocycles. The van der Waals surface area contributed by atoms with Gasteiger partial charge < -0.3 is 39.9 Å². The molecule has 4 N–H and O–H groups in total. The van der Waals surface area contributed by atoms with Crippen molar-refractivity contribution in [3.63, 3.8) is 0 Å². The smallest absolute Gasteiger partial charge is 0.407 e. The molecule has 4 aromatic rings. The van der Waals surface area contributed by atoms with Crippen molar-refractivity contribution in [1.29, 1.82) is 0 Å². The van der Waals surface area contributed by atoms with Gasteiger partial charge in [-0.05, 0) is 72.9 Å². The third-order valence-electron chi connectivity index (χ3n) is 9.82. The minimum Gasteiger partial charge on any atom is -0.453 e. The number of carbonyl (C=O) groups is 4. The third kappa shape index (κ3) is 6.83. The summed E-state index contributed by atoms with van der Waals surface area (Å²) < 4.78 is 9.52. The van der Waals surface area contributed by atoms with E-state index < -0.39 is 24.3 Å². The van der Waals surface area contributed by atoms with Gasteiger partial charge in [0.2, 0.25) is 11.8 Å². The Bertz CT molecular complexity index is 1760. The zero-order chi connectivity index (χ0) is 35.7. The largest absolute Gasteiger partial charge is 0.453 e. The molecule has 0 spiro atoms. The van der Waals surface area contributed by atoms with Crippen LogP contribution in [0.3, 0.4) is 0 Å². The number of amides is 4. The predicted octanol–water partition coefficient (Wildman–Crippen LogP) is 5.19. The molecule has 0 radical (unpaired) electrons. The van der Waals surface area contributed by atoms with Crippen LogP contribution >= 0.6 is 0 Å². The highest BCUT2D eigenvalue weighted by molar-refractivity contribution is 5.89. The lowest BCUT2D eigenvalue weighted by Gasteiger charge is -2.29. The van der Waals surface area contributed by atoms with E-state index in [0.29, 0.717) is 13.1 Å². The number of hydrogen-bond donors (Lipinski definition) is 4. The van der Waals surface area contributed by atoms with Crippen molar-refractivity contribution in [3.05, 3.63) is 48.0 Å². The number of aromatic nitrogens is 4. The summed E-state index contributed by atoms with van der Waals surface area (Å²) in [4.78, 5) is 71.4. The van der Waals surface area contributed by atoms with E-state index >= 15 is 0 Å². The van der Waals surface area contributed by atoms with Crippen molar-refractivity contribution in [2.75, 3.05) is 27.3 Å². The summed E-state index contributed by atoms with van der Waals surface area (Å²) in [5, 5.41) is 5.39. The third-order valence-corrected chi connectivity index (χ3v) is 9.82. The number of aromatic amines is 2. The van der Waals surface area contributed by atoms with Crippen LogP contribution in [0.25, 0.3) is 33.2 Å².